The van der Waals surface area contributed by atoms with Crippen LogP contribution in [0.1, 0.15) is 19.8 Å². The molecule has 1 saturated heterocycles. The first-order chi connectivity index (χ1) is 11.8. The standard InChI is InChI=1S/C17H22N4O2S/c1-2-23-15-7-5-13(6-8-15)20-16(22)19-12-14-4-3-10-21(14)17-18-9-11-24-17/h5-9,11,14H,2-4,10,12H2,1H3,(H2,19,20,22). The van der Waals surface area contributed by atoms with E-state index in [1.165, 1.54) is 0 Å². The molecule has 0 saturated carbocycles. The molecule has 7 heteroatoms. The zero-order valence-corrected chi connectivity index (χ0v) is 14.5. The first kappa shape index (κ1) is 16.6. The molecule has 1 aliphatic rings. The minimum absolute atomic E-state index is 0.190. The first-order valence-corrected chi connectivity index (χ1v) is 9.08. The van der Waals surface area contributed by atoms with Gasteiger partial charge in [0.05, 0.1) is 6.61 Å². The molecular weight excluding hydrogens is 324 g/mol. The fourth-order valence-corrected chi connectivity index (χ4v) is 3.59. The number of carbonyl (C=O) groups excluding carboxylic acids is 1. The smallest absolute Gasteiger partial charge is 0.319 e. The molecule has 1 aromatic heterocycles. The summed E-state index contributed by atoms with van der Waals surface area (Å²) < 4.78 is 5.39. The molecule has 0 bridgehead atoms. The molecule has 2 amide bonds. The van der Waals surface area contributed by atoms with Crippen molar-refractivity contribution in [2.45, 2.75) is 25.8 Å². The van der Waals surface area contributed by atoms with Gasteiger partial charge in [0.2, 0.25) is 0 Å². The van der Waals surface area contributed by atoms with E-state index in [4.69, 9.17) is 4.74 Å². The molecule has 1 aromatic carbocycles. The van der Waals surface area contributed by atoms with Gasteiger partial charge in [0, 0.05) is 36.4 Å². The van der Waals surface area contributed by atoms with Gasteiger partial charge in [0.15, 0.2) is 5.13 Å². The lowest BCUT2D eigenvalue weighted by Gasteiger charge is -2.24. The van der Waals surface area contributed by atoms with Crippen LogP contribution in [0.3, 0.4) is 0 Å². The van der Waals surface area contributed by atoms with Gasteiger partial charge in [-0.1, -0.05) is 0 Å². The lowest BCUT2D eigenvalue weighted by Crippen LogP contribution is -2.41. The van der Waals surface area contributed by atoms with Crippen LogP contribution in [0.5, 0.6) is 5.75 Å². The Morgan fingerprint density at radius 1 is 1.42 bits per heavy atom. The number of rotatable bonds is 6. The number of urea groups is 1. The van der Waals surface area contributed by atoms with Crippen LogP contribution < -0.4 is 20.3 Å². The quantitative estimate of drug-likeness (QED) is 0.842. The molecule has 1 fully saturated rings. The van der Waals surface area contributed by atoms with Crippen LogP contribution in [0.15, 0.2) is 35.8 Å². The molecule has 1 aliphatic heterocycles. The van der Waals surface area contributed by atoms with Crippen molar-refractivity contribution >= 4 is 28.2 Å². The van der Waals surface area contributed by atoms with Crippen LogP contribution in [0.2, 0.25) is 0 Å². The summed E-state index contributed by atoms with van der Waals surface area (Å²) in [5.74, 6) is 0.800. The monoisotopic (exact) mass is 346 g/mol. The third-order valence-corrected chi connectivity index (χ3v) is 4.77. The summed E-state index contributed by atoms with van der Waals surface area (Å²) in [4.78, 5) is 18.7. The summed E-state index contributed by atoms with van der Waals surface area (Å²) in [6.45, 7) is 4.19. The van der Waals surface area contributed by atoms with Crippen LogP contribution in [0.25, 0.3) is 0 Å². The number of hydrogen-bond donors (Lipinski definition) is 2. The Kier molecular flexibility index (Phi) is 5.53. The number of anilines is 2. The number of nitrogens with one attached hydrogen (secondary N) is 2. The third-order valence-electron chi connectivity index (χ3n) is 3.96. The van der Waals surface area contributed by atoms with Gasteiger partial charge in [-0.05, 0) is 44.0 Å². The highest BCUT2D eigenvalue weighted by atomic mass is 32.1. The first-order valence-electron chi connectivity index (χ1n) is 8.20. The largest absolute Gasteiger partial charge is 0.494 e. The number of benzene rings is 1. The summed E-state index contributed by atoms with van der Waals surface area (Å²) in [5.41, 5.74) is 0.749. The Hall–Kier alpha value is -2.28. The maximum atomic E-state index is 12.1. The van der Waals surface area contributed by atoms with Crippen LogP contribution in [0.4, 0.5) is 15.6 Å². The number of nitrogens with zero attached hydrogens (tertiary/aromatic N) is 2. The zero-order valence-electron chi connectivity index (χ0n) is 13.7. The average Bonchev–Trinajstić information content (AvgIpc) is 3.26. The molecule has 0 aliphatic carbocycles. The van der Waals surface area contributed by atoms with E-state index in [0.29, 0.717) is 19.2 Å². The van der Waals surface area contributed by atoms with Gasteiger partial charge >= 0.3 is 6.03 Å². The fraction of sp³-hybridized carbons (Fsp3) is 0.412. The van der Waals surface area contributed by atoms with Gasteiger partial charge in [-0.25, -0.2) is 9.78 Å². The van der Waals surface area contributed by atoms with Crippen molar-refractivity contribution in [3.05, 3.63) is 35.8 Å². The Morgan fingerprint density at radius 3 is 2.96 bits per heavy atom. The van der Waals surface area contributed by atoms with Gasteiger partial charge in [0.25, 0.3) is 0 Å². The van der Waals surface area contributed by atoms with E-state index < -0.39 is 0 Å². The molecule has 24 heavy (non-hydrogen) atoms. The topological polar surface area (TPSA) is 66.5 Å². The van der Waals surface area contributed by atoms with Crippen molar-refractivity contribution in [1.82, 2.24) is 10.3 Å². The Morgan fingerprint density at radius 2 is 2.25 bits per heavy atom. The highest BCUT2D eigenvalue weighted by molar-refractivity contribution is 7.13. The van der Waals surface area contributed by atoms with Crippen molar-refractivity contribution in [2.24, 2.45) is 0 Å². The van der Waals surface area contributed by atoms with E-state index in [2.05, 4.69) is 20.5 Å². The number of thiazole rings is 1. The van der Waals surface area contributed by atoms with Crippen molar-refractivity contribution in [3.8, 4) is 5.75 Å². The second kappa shape index (κ2) is 8.01. The van der Waals surface area contributed by atoms with E-state index in [1.54, 1.807) is 11.3 Å². The molecule has 0 radical (unpaired) electrons. The van der Waals surface area contributed by atoms with Gasteiger partial charge in [-0.3, -0.25) is 0 Å². The lowest BCUT2D eigenvalue weighted by molar-refractivity contribution is 0.251. The number of hydrogen-bond acceptors (Lipinski definition) is 5. The maximum absolute atomic E-state index is 12.1. The molecule has 2 heterocycles. The highest BCUT2D eigenvalue weighted by Crippen LogP contribution is 2.26. The normalized spacial score (nSPS) is 16.9. The second-order valence-corrected chi connectivity index (χ2v) is 6.47. The molecule has 6 nitrogen and oxygen atoms in total. The molecular formula is C17H22N4O2S. The lowest BCUT2D eigenvalue weighted by atomic mass is 10.2. The summed E-state index contributed by atoms with van der Waals surface area (Å²) in [5, 5.41) is 8.82. The molecule has 2 aromatic rings. The Bertz CT molecular complexity index is 645. The van der Waals surface area contributed by atoms with E-state index in [-0.39, 0.29) is 6.03 Å². The van der Waals surface area contributed by atoms with Crippen LogP contribution in [-0.2, 0) is 0 Å². The van der Waals surface area contributed by atoms with Crippen molar-refractivity contribution in [3.63, 3.8) is 0 Å². The Balaban J connectivity index is 1.48. The summed E-state index contributed by atoms with van der Waals surface area (Å²) in [6, 6.07) is 7.48. The van der Waals surface area contributed by atoms with Gasteiger partial charge in [-0.15, -0.1) is 11.3 Å². The molecule has 3 rings (SSSR count). The van der Waals surface area contributed by atoms with Crippen LogP contribution >= 0.6 is 11.3 Å². The molecule has 1 atom stereocenters. The third kappa shape index (κ3) is 4.17. The molecule has 128 valence electrons. The summed E-state index contributed by atoms with van der Waals surface area (Å²) in [7, 11) is 0. The van der Waals surface area contributed by atoms with Crippen LogP contribution in [-0.4, -0.2) is 36.8 Å². The van der Waals surface area contributed by atoms with Gasteiger partial charge in [0.1, 0.15) is 5.75 Å². The predicted octanol–water partition coefficient (Wildman–Crippen LogP) is 3.33. The number of amides is 2. The fourth-order valence-electron chi connectivity index (χ4n) is 2.84. The van der Waals surface area contributed by atoms with Gasteiger partial charge < -0.3 is 20.3 Å². The van der Waals surface area contributed by atoms with E-state index in [9.17, 15) is 4.79 Å². The van der Waals surface area contributed by atoms with Crippen molar-refractivity contribution in [1.29, 1.82) is 0 Å². The van der Waals surface area contributed by atoms with E-state index in [1.807, 2.05) is 42.8 Å². The van der Waals surface area contributed by atoms with Gasteiger partial charge in [-0.2, -0.15) is 0 Å². The molecule has 0 spiro atoms. The van der Waals surface area contributed by atoms with Crippen molar-refractivity contribution < 1.29 is 9.53 Å². The van der Waals surface area contributed by atoms with E-state index >= 15 is 0 Å². The predicted molar refractivity (Wildman–Crippen MR) is 97.1 cm³/mol. The average molecular weight is 346 g/mol. The zero-order chi connectivity index (χ0) is 16.8. The second-order valence-electron chi connectivity index (χ2n) is 5.60. The molecule has 1 unspecified atom stereocenters. The van der Waals surface area contributed by atoms with Crippen molar-refractivity contribution in [2.75, 3.05) is 29.9 Å². The van der Waals surface area contributed by atoms with E-state index in [0.717, 1.165) is 36.0 Å². The molecule has 2 N–H and O–H groups in total. The van der Waals surface area contributed by atoms with Crippen LogP contribution in [0, 0.1) is 0 Å². The minimum Gasteiger partial charge on any atom is -0.494 e. The SMILES string of the molecule is CCOc1ccc(NC(=O)NCC2CCCN2c2nccs2)cc1. The summed E-state index contributed by atoms with van der Waals surface area (Å²) >= 11 is 1.64. The highest BCUT2D eigenvalue weighted by Gasteiger charge is 2.26. The maximum Gasteiger partial charge on any atom is 0.319 e. The number of carbonyl (C=O) groups is 1. The summed E-state index contributed by atoms with van der Waals surface area (Å²) in [6.07, 6.45) is 4.02. The minimum atomic E-state index is -0.190. The Labute approximate surface area is 145 Å². The number of ether oxygens (including phenoxy) is 1. The number of aromatic nitrogens is 1.